The summed E-state index contributed by atoms with van der Waals surface area (Å²) in [4.78, 5) is 0. The Morgan fingerprint density at radius 2 is 1.61 bits per heavy atom. The van der Waals surface area contributed by atoms with Gasteiger partial charge in [-0.1, -0.05) is 67.6 Å². The van der Waals surface area contributed by atoms with Crippen LogP contribution in [0.1, 0.15) is 42.5 Å². The lowest BCUT2D eigenvalue weighted by molar-refractivity contribution is 0.622. The predicted molar refractivity (Wildman–Crippen MR) is 112 cm³/mol. The molecular formula is C25H23F3. The van der Waals surface area contributed by atoms with Gasteiger partial charge in [0.15, 0.2) is 11.7 Å². The zero-order chi connectivity index (χ0) is 20.1. The normalized spacial score (nSPS) is 12.6. The summed E-state index contributed by atoms with van der Waals surface area (Å²) in [6.45, 7) is 3.97. The fraction of sp³-hybridized carbons (Fsp3) is 0.200. The summed E-state index contributed by atoms with van der Waals surface area (Å²) < 4.78 is 44.3. The maximum atomic E-state index is 14.8. The average Bonchev–Trinajstić information content (AvgIpc) is 2.73. The first-order valence-electron chi connectivity index (χ1n) is 9.52. The summed E-state index contributed by atoms with van der Waals surface area (Å²) in [5.41, 5.74) is 1.86. The van der Waals surface area contributed by atoms with Crippen LogP contribution in [0.4, 0.5) is 13.2 Å². The van der Waals surface area contributed by atoms with Crippen LogP contribution in [0.3, 0.4) is 0 Å². The molecule has 0 aliphatic carbocycles. The van der Waals surface area contributed by atoms with Gasteiger partial charge in [-0.05, 0) is 48.8 Å². The van der Waals surface area contributed by atoms with E-state index in [1.54, 1.807) is 30.3 Å². The van der Waals surface area contributed by atoms with E-state index in [9.17, 15) is 13.2 Å². The van der Waals surface area contributed by atoms with Gasteiger partial charge < -0.3 is 0 Å². The standard InChI is InChI=1S/C25H23F3/c1-3-5-6-7-18-8-11-19(12-9-18)23(26)25(28)22-15-13-20-16-17(4-2)10-14-21(20)24(22)27/h3,5,8-16H,4,6-7H2,1-2H3/b5-3+,25-23?. The Labute approximate surface area is 164 Å². The van der Waals surface area contributed by atoms with Gasteiger partial charge in [0.2, 0.25) is 0 Å². The molecule has 3 rings (SSSR count). The van der Waals surface area contributed by atoms with Crippen LogP contribution in [0.25, 0.3) is 22.4 Å². The molecule has 0 atom stereocenters. The fourth-order valence-corrected chi connectivity index (χ4v) is 3.21. The van der Waals surface area contributed by atoms with Crippen LogP contribution in [-0.4, -0.2) is 0 Å². The molecule has 0 aliphatic rings. The molecule has 0 N–H and O–H groups in total. The first-order valence-corrected chi connectivity index (χ1v) is 9.52. The minimum absolute atomic E-state index is 0.105. The molecule has 0 saturated carbocycles. The van der Waals surface area contributed by atoms with E-state index in [1.165, 1.54) is 18.2 Å². The largest absolute Gasteiger partial charge is 0.206 e. The number of hydrogen-bond donors (Lipinski definition) is 0. The van der Waals surface area contributed by atoms with Gasteiger partial charge in [-0.15, -0.1) is 0 Å². The van der Waals surface area contributed by atoms with Crippen molar-refractivity contribution in [1.82, 2.24) is 0 Å². The van der Waals surface area contributed by atoms with Crippen LogP contribution in [0.15, 0.2) is 66.7 Å². The molecule has 3 aromatic carbocycles. The second-order valence-electron chi connectivity index (χ2n) is 6.77. The Bertz CT molecular complexity index is 1030. The van der Waals surface area contributed by atoms with Crippen molar-refractivity contribution in [2.45, 2.75) is 33.1 Å². The van der Waals surface area contributed by atoms with Crippen molar-refractivity contribution in [3.05, 3.63) is 94.8 Å². The Balaban J connectivity index is 1.93. The molecule has 0 bridgehead atoms. The van der Waals surface area contributed by atoms with Crippen molar-refractivity contribution >= 4 is 22.4 Å². The zero-order valence-electron chi connectivity index (χ0n) is 16.1. The Morgan fingerprint density at radius 3 is 2.29 bits per heavy atom. The summed E-state index contributed by atoms with van der Waals surface area (Å²) in [7, 11) is 0. The molecule has 28 heavy (non-hydrogen) atoms. The SMILES string of the molecule is C/C=C/CCc1ccc(C(F)=C(F)c2ccc3cc(CC)ccc3c2F)cc1. The zero-order valence-corrected chi connectivity index (χ0v) is 16.1. The van der Waals surface area contributed by atoms with E-state index in [1.807, 2.05) is 26.0 Å². The van der Waals surface area contributed by atoms with Gasteiger partial charge in [-0.2, -0.15) is 0 Å². The molecule has 0 aliphatic heterocycles. The minimum Gasteiger partial charge on any atom is -0.206 e. The quantitative estimate of drug-likeness (QED) is 0.302. The van der Waals surface area contributed by atoms with Gasteiger partial charge in [-0.25, -0.2) is 13.2 Å². The van der Waals surface area contributed by atoms with Crippen LogP contribution >= 0.6 is 0 Å². The van der Waals surface area contributed by atoms with Crippen LogP contribution in [0.2, 0.25) is 0 Å². The number of aryl methyl sites for hydroxylation is 2. The second-order valence-corrected chi connectivity index (χ2v) is 6.77. The van der Waals surface area contributed by atoms with Gasteiger partial charge in [0, 0.05) is 16.5 Å². The predicted octanol–water partition coefficient (Wildman–Crippen LogP) is 7.81. The number of benzene rings is 3. The van der Waals surface area contributed by atoms with Crippen LogP contribution in [0.5, 0.6) is 0 Å². The molecule has 0 fully saturated rings. The van der Waals surface area contributed by atoms with Gasteiger partial charge in [-0.3, -0.25) is 0 Å². The lowest BCUT2D eigenvalue weighted by Gasteiger charge is -2.08. The van der Waals surface area contributed by atoms with E-state index < -0.39 is 17.5 Å². The molecule has 0 aromatic heterocycles. The van der Waals surface area contributed by atoms with Gasteiger partial charge in [0.05, 0.1) is 0 Å². The highest BCUT2D eigenvalue weighted by molar-refractivity contribution is 5.91. The van der Waals surface area contributed by atoms with Crippen molar-refractivity contribution in [3.63, 3.8) is 0 Å². The van der Waals surface area contributed by atoms with Crippen LogP contribution in [-0.2, 0) is 12.8 Å². The molecular weight excluding hydrogens is 357 g/mol. The van der Waals surface area contributed by atoms with Gasteiger partial charge in [0.1, 0.15) is 5.82 Å². The van der Waals surface area contributed by atoms with E-state index in [0.717, 1.165) is 30.4 Å². The van der Waals surface area contributed by atoms with E-state index in [-0.39, 0.29) is 16.5 Å². The molecule has 0 saturated heterocycles. The number of fused-ring (bicyclic) bond motifs is 1. The second kappa shape index (κ2) is 8.92. The first kappa shape index (κ1) is 19.9. The highest BCUT2D eigenvalue weighted by Gasteiger charge is 2.17. The van der Waals surface area contributed by atoms with Gasteiger partial charge in [0.25, 0.3) is 0 Å². The van der Waals surface area contributed by atoms with E-state index in [0.29, 0.717) is 5.39 Å². The number of allylic oxidation sites excluding steroid dienone is 2. The van der Waals surface area contributed by atoms with Crippen molar-refractivity contribution in [1.29, 1.82) is 0 Å². The summed E-state index contributed by atoms with van der Waals surface area (Å²) in [5, 5.41) is 0.969. The molecule has 0 spiro atoms. The van der Waals surface area contributed by atoms with E-state index in [4.69, 9.17) is 0 Å². The Hall–Kier alpha value is -2.81. The summed E-state index contributed by atoms with van der Waals surface area (Å²) in [6.07, 6.45) is 6.59. The minimum atomic E-state index is -1.18. The van der Waals surface area contributed by atoms with Crippen molar-refractivity contribution in [2.24, 2.45) is 0 Å². The maximum absolute atomic E-state index is 14.8. The van der Waals surface area contributed by atoms with Crippen LogP contribution < -0.4 is 0 Å². The number of hydrogen-bond acceptors (Lipinski definition) is 0. The number of halogens is 3. The van der Waals surface area contributed by atoms with Gasteiger partial charge >= 0.3 is 0 Å². The molecule has 144 valence electrons. The summed E-state index contributed by atoms with van der Waals surface area (Å²) in [5.74, 6) is -2.97. The Kier molecular flexibility index (Phi) is 6.35. The smallest absolute Gasteiger partial charge is 0.169 e. The number of rotatable bonds is 6. The molecule has 0 radical (unpaired) electrons. The summed E-state index contributed by atoms with van der Waals surface area (Å²) >= 11 is 0. The highest BCUT2D eigenvalue weighted by Crippen LogP contribution is 2.33. The maximum Gasteiger partial charge on any atom is 0.169 e. The highest BCUT2D eigenvalue weighted by atomic mass is 19.2. The fourth-order valence-electron chi connectivity index (χ4n) is 3.21. The molecule has 0 heterocycles. The van der Waals surface area contributed by atoms with Crippen molar-refractivity contribution < 1.29 is 13.2 Å². The lowest BCUT2D eigenvalue weighted by atomic mass is 10.0. The molecule has 0 nitrogen and oxygen atoms in total. The average molecular weight is 380 g/mol. The Morgan fingerprint density at radius 1 is 0.893 bits per heavy atom. The molecule has 0 amide bonds. The third-order valence-electron chi connectivity index (χ3n) is 4.90. The van der Waals surface area contributed by atoms with E-state index in [2.05, 4.69) is 6.08 Å². The van der Waals surface area contributed by atoms with E-state index >= 15 is 0 Å². The topological polar surface area (TPSA) is 0 Å². The molecule has 3 aromatic rings. The third-order valence-corrected chi connectivity index (χ3v) is 4.90. The van der Waals surface area contributed by atoms with Crippen LogP contribution in [0, 0.1) is 5.82 Å². The van der Waals surface area contributed by atoms with Crippen molar-refractivity contribution in [3.8, 4) is 0 Å². The third kappa shape index (κ3) is 4.19. The first-order chi connectivity index (χ1) is 13.5. The monoisotopic (exact) mass is 380 g/mol. The summed E-state index contributed by atoms with van der Waals surface area (Å²) in [6, 6.07) is 14.8. The lowest BCUT2D eigenvalue weighted by Crippen LogP contribution is -1.92. The molecule has 3 heteroatoms. The molecule has 0 unspecified atom stereocenters. The van der Waals surface area contributed by atoms with Crippen molar-refractivity contribution in [2.75, 3.05) is 0 Å².